The maximum atomic E-state index is 4.91. The van der Waals surface area contributed by atoms with Crippen molar-refractivity contribution in [3.63, 3.8) is 0 Å². The molecule has 0 fully saturated rings. The van der Waals surface area contributed by atoms with E-state index in [0.717, 1.165) is 69.3 Å². The van der Waals surface area contributed by atoms with Gasteiger partial charge in [0.05, 0.1) is 0 Å². The third-order valence-corrected chi connectivity index (χ3v) is 5.77. The van der Waals surface area contributed by atoms with Gasteiger partial charge in [0.25, 0.3) is 0 Å². The van der Waals surface area contributed by atoms with Crippen LogP contribution in [0.3, 0.4) is 0 Å². The van der Waals surface area contributed by atoms with Crippen molar-refractivity contribution in [2.45, 2.75) is 58.5 Å². The highest BCUT2D eigenvalue weighted by atomic mass is 15.3. The zero-order valence-corrected chi connectivity index (χ0v) is 16.4. The molecule has 1 aliphatic heterocycles. The summed E-state index contributed by atoms with van der Waals surface area (Å²) in [7, 11) is 0. The molecule has 4 rings (SSSR count). The summed E-state index contributed by atoms with van der Waals surface area (Å²) in [6, 6.07) is 9.26. The second-order valence-corrected chi connectivity index (χ2v) is 7.75. The fourth-order valence-electron chi connectivity index (χ4n) is 4.23. The first-order chi connectivity index (χ1) is 13.2. The topological polar surface area (TPSA) is 67.1 Å². The highest BCUT2D eigenvalue weighted by molar-refractivity contribution is 5.80. The van der Waals surface area contributed by atoms with Crippen LogP contribution in [-0.2, 0) is 25.8 Å². The third-order valence-electron chi connectivity index (χ3n) is 5.77. The molecule has 0 spiro atoms. The van der Waals surface area contributed by atoms with Crippen molar-refractivity contribution in [2.24, 2.45) is 10.9 Å². The number of rotatable bonds is 4. The van der Waals surface area contributed by atoms with Crippen molar-refractivity contribution in [1.82, 2.24) is 25.4 Å². The van der Waals surface area contributed by atoms with Gasteiger partial charge in [-0.1, -0.05) is 24.3 Å². The first-order valence-corrected chi connectivity index (χ1v) is 10.2. The molecule has 2 atom stereocenters. The van der Waals surface area contributed by atoms with E-state index in [1.807, 2.05) is 6.92 Å². The van der Waals surface area contributed by atoms with E-state index < -0.39 is 0 Å². The normalized spacial score (nSPS) is 22.1. The average molecular weight is 367 g/mol. The summed E-state index contributed by atoms with van der Waals surface area (Å²) in [6.07, 6.45) is 5.52. The first kappa shape index (κ1) is 18.0. The molecule has 6 nitrogen and oxygen atoms in total. The monoisotopic (exact) mass is 366 g/mol. The number of nitrogens with zero attached hydrogens (tertiary/aromatic N) is 4. The van der Waals surface area contributed by atoms with Crippen LogP contribution in [0.25, 0.3) is 0 Å². The lowest BCUT2D eigenvalue weighted by Crippen LogP contribution is -2.46. The maximum absolute atomic E-state index is 4.91. The number of nitrogens with one attached hydrogen (secondary N) is 2. The maximum Gasteiger partial charge on any atom is 0.191 e. The van der Waals surface area contributed by atoms with Crippen LogP contribution in [0.1, 0.15) is 42.5 Å². The van der Waals surface area contributed by atoms with Gasteiger partial charge < -0.3 is 15.2 Å². The number of guanidine groups is 1. The molecule has 2 heterocycles. The highest BCUT2D eigenvalue weighted by Crippen LogP contribution is 2.22. The fraction of sp³-hybridized carbons (Fsp3) is 0.571. The Morgan fingerprint density at radius 3 is 2.89 bits per heavy atom. The van der Waals surface area contributed by atoms with Gasteiger partial charge in [-0.3, -0.25) is 4.99 Å². The van der Waals surface area contributed by atoms with Gasteiger partial charge in [-0.25, -0.2) is 0 Å². The lowest BCUT2D eigenvalue weighted by molar-refractivity contribution is 0.369. The molecule has 2 unspecified atom stereocenters. The number of aryl methyl sites for hydroxylation is 3. The van der Waals surface area contributed by atoms with Crippen molar-refractivity contribution < 1.29 is 0 Å². The second kappa shape index (κ2) is 8.11. The number of hydrogen-bond acceptors (Lipinski definition) is 3. The predicted octanol–water partition coefficient (Wildman–Crippen LogP) is 2.26. The van der Waals surface area contributed by atoms with Gasteiger partial charge in [-0.2, -0.15) is 0 Å². The van der Waals surface area contributed by atoms with Gasteiger partial charge in [0.1, 0.15) is 11.6 Å². The minimum Gasteiger partial charge on any atom is -0.357 e. The van der Waals surface area contributed by atoms with Crippen LogP contribution in [0.4, 0.5) is 0 Å². The smallest absolute Gasteiger partial charge is 0.191 e. The van der Waals surface area contributed by atoms with Crippen molar-refractivity contribution >= 4 is 5.96 Å². The van der Waals surface area contributed by atoms with Crippen LogP contribution in [-0.4, -0.2) is 39.9 Å². The average Bonchev–Trinajstić information content (AvgIpc) is 3.06. The Balaban J connectivity index is 1.37. The van der Waals surface area contributed by atoms with E-state index in [1.54, 1.807) is 0 Å². The summed E-state index contributed by atoms with van der Waals surface area (Å²) in [4.78, 5) is 4.91. The van der Waals surface area contributed by atoms with E-state index in [1.165, 1.54) is 11.1 Å². The van der Waals surface area contributed by atoms with Crippen molar-refractivity contribution in [1.29, 1.82) is 0 Å². The Kier molecular flexibility index (Phi) is 5.41. The van der Waals surface area contributed by atoms with Gasteiger partial charge in [0.15, 0.2) is 5.96 Å². The minimum atomic E-state index is 0.454. The molecule has 0 radical (unpaired) electrons. The van der Waals surface area contributed by atoms with Crippen molar-refractivity contribution in [3.05, 3.63) is 47.0 Å². The van der Waals surface area contributed by atoms with E-state index in [4.69, 9.17) is 4.99 Å². The largest absolute Gasteiger partial charge is 0.357 e. The minimum absolute atomic E-state index is 0.454. The van der Waals surface area contributed by atoms with E-state index in [-0.39, 0.29) is 0 Å². The summed E-state index contributed by atoms with van der Waals surface area (Å²) in [6.45, 7) is 6.87. The summed E-state index contributed by atoms with van der Waals surface area (Å²) < 4.78 is 2.25. The molecule has 2 aromatic rings. The molecule has 1 aromatic carbocycles. The van der Waals surface area contributed by atoms with Crippen LogP contribution < -0.4 is 10.6 Å². The molecular formula is C21H30N6. The van der Waals surface area contributed by atoms with Gasteiger partial charge in [-0.15, -0.1) is 10.2 Å². The lowest BCUT2D eigenvalue weighted by atomic mass is 9.88. The fourth-order valence-corrected chi connectivity index (χ4v) is 4.23. The van der Waals surface area contributed by atoms with Crippen LogP contribution >= 0.6 is 0 Å². The van der Waals surface area contributed by atoms with Gasteiger partial charge in [0, 0.05) is 32.1 Å². The number of aromatic nitrogens is 3. The highest BCUT2D eigenvalue weighted by Gasteiger charge is 2.22. The van der Waals surface area contributed by atoms with E-state index in [0.29, 0.717) is 12.0 Å². The SMILES string of the molecule is CCNC(=NCC1CCc2nnc(C)n2C1)NC1CCc2ccccc2C1. The zero-order chi connectivity index (χ0) is 18.6. The number of hydrogen-bond donors (Lipinski definition) is 2. The van der Waals surface area contributed by atoms with E-state index >= 15 is 0 Å². The van der Waals surface area contributed by atoms with Crippen LogP contribution in [0.2, 0.25) is 0 Å². The predicted molar refractivity (Wildman–Crippen MR) is 108 cm³/mol. The van der Waals surface area contributed by atoms with Gasteiger partial charge in [-0.05, 0) is 56.6 Å². The molecule has 0 saturated carbocycles. The van der Waals surface area contributed by atoms with Gasteiger partial charge in [0.2, 0.25) is 0 Å². The van der Waals surface area contributed by atoms with E-state index in [2.05, 4.69) is 56.6 Å². The molecule has 1 aliphatic carbocycles. The molecule has 0 saturated heterocycles. The Morgan fingerprint density at radius 1 is 1.19 bits per heavy atom. The zero-order valence-electron chi connectivity index (χ0n) is 16.4. The number of fused-ring (bicyclic) bond motifs is 2. The Morgan fingerprint density at radius 2 is 2.04 bits per heavy atom. The summed E-state index contributed by atoms with van der Waals surface area (Å²) in [5, 5.41) is 15.6. The molecule has 2 N–H and O–H groups in total. The van der Waals surface area contributed by atoms with Crippen LogP contribution in [0.5, 0.6) is 0 Å². The van der Waals surface area contributed by atoms with Crippen LogP contribution in [0, 0.1) is 12.8 Å². The first-order valence-electron chi connectivity index (χ1n) is 10.2. The molecule has 144 valence electrons. The molecular weight excluding hydrogens is 336 g/mol. The Bertz CT molecular complexity index is 809. The summed E-state index contributed by atoms with van der Waals surface area (Å²) >= 11 is 0. The number of benzene rings is 1. The third kappa shape index (κ3) is 4.15. The second-order valence-electron chi connectivity index (χ2n) is 7.75. The molecule has 2 aliphatic rings. The summed E-state index contributed by atoms with van der Waals surface area (Å²) in [5.74, 6) is 3.64. The van der Waals surface area contributed by atoms with Gasteiger partial charge >= 0.3 is 0 Å². The molecule has 6 heteroatoms. The molecule has 0 bridgehead atoms. The molecule has 0 amide bonds. The summed E-state index contributed by atoms with van der Waals surface area (Å²) in [5.41, 5.74) is 2.97. The molecule has 1 aromatic heterocycles. The lowest BCUT2D eigenvalue weighted by Gasteiger charge is -2.27. The Hall–Kier alpha value is -2.37. The molecule has 27 heavy (non-hydrogen) atoms. The van der Waals surface area contributed by atoms with E-state index in [9.17, 15) is 0 Å². The van der Waals surface area contributed by atoms with Crippen molar-refractivity contribution in [2.75, 3.05) is 13.1 Å². The van der Waals surface area contributed by atoms with Crippen LogP contribution in [0.15, 0.2) is 29.3 Å². The number of aliphatic imine (C=N–C) groups is 1. The standard InChI is InChI=1S/C21H30N6/c1-3-22-21(24-19-10-9-17-6-4-5-7-18(17)12-19)23-13-16-8-11-20-26-25-15(2)27(20)14-16/h4-7,16,19H,3,8-14H2,1-2H3,(H2,22,23,24). The Labute approximate surface area is 161 Å². The van der Waals surface area contributed by atoms with Crippen molar-refractivity contribution in [3.8, 4) is 0 Å². The quantitative estimate of drug-likeness (QED) is 0.643.